The van der Waals surface area contributed by atoms with Crippen molar-refractivity contribution in [1.29, 1.82) is 0 Å². The number of fused-ring (bicyclic) bond motifs is 1. The second-order valence-corrected chi connectivity index (χ2v) is 33.8. The smallest absolute Gasteiger partial charge is 0.304 e. The van der Waals surface area contributed by atoms with Crippen LogP contribution in [-0.2, 0) is 109 Å². The first-order valence-corrected chi connectivity index (χ1v) is 42.6. The molecular formula is C91H118N12O19S. The molecule has 123 heavy (non-hydrogen) atoms. The Hall–Kier alpha value is -12.1. The number of carbonyl (C=O) groups excluding carboxylic acids is 15. The molecule has 1 aliphatic rings. The van der Waals surface area contributed by atoms with E-state index in [1.54, 1.807) is 131 Å². The van der Waals surface area contributed by atoms with E-state index in [9.17, 15) is 68.1 Å². The first kappa shape index (κ1) is 98.0. The van der Waals surface area contributed by atoms with Crippen molar-refractivity contribution in [3.8, 4) is 11.5 Å². The Labute approximate surface area is 721 Å². The molecule has 0 radical (unpaired) electrons. The molecule has 32 heteroatoms. The van der Waals surface area contributed by atoms with Crippen molar-refractivity contribution in [3.63, 3.8) is 0 Å². The normalized spacial score (nSPS) is 22.7. The number of amides is 11. The summed E-state index contributed by atoms with van der Waals surface area (Å²) in [5.74, 6) is -20.1. The monoisotopic (exact) mass is 1710 g/mol. The number of aromatic hydroxyl groups is 2. The number of H-pyrrole nitrogens is 1. The van der Waals surface area contributed by atoms with E-state index in [2.05, 4.69) is 31.6 Å². The highest BCUT2D eigenvalue weighted by Gasteiger charge is 2.42. The van der Waals surface area contributed by atoms with E-state index >= 15 is 24.0 Å². The van der Waals surface area contributed by atoms with Crippen LogP contribution in [0.4, 0.5) is 0 Å². The summed E-state index contributed by atoms with van der Waals surface area (Å²) in [6.07, 6.45) is -1.10. The number of benzene rings is 5. The van der Waals surface area contributed by atoms with Crippen LogP contribution in [0.15, 0.2) is 140 Å². The minimum Gasteiger partial charge on any atom is -0.508 e. The molecule has 0 saturated carbocycles. The Kier molecular flexibility index (Phi) is 37.7. The first-order chi connectivity index (χ1) is 58.3. The zero-order chi connectivity index (χ0) is 90.5. The number of rotatable bonds is 21. The van der Waals surface area contributed by atoms with Gasteiger partial charge in [-0.25, -0.2) is 0 Å². The summed E-state index contributed by atoms with van der Waals surface area (Å²) >= 11 is 0.968. The Balaban J connectivity index is 1.30. The number of hydrogen-bond donors (Lipinski definition) is 10. The second-order valence-electron chi connectivity index (χ2n) is 32.8. The molecule has 5 aromatic carbocycles. The Morgan fingerprint density at radius 1 is 0.528 bits per heavy atom. The maximum Gasteiger partial charge on any atom is 0.304 e. The van der Waals surface area contributed by atoms with Gasteiger partial charge >= 0.3 is 5.97 Å². The lowest BCUT2D eigenvalue weighted by molar-refractivity contribution is -0.151. The number of ketones is 4. The van der Waals surface area contributed by atoms with Crippen LogP contribution in [0.2, 0.25) is 0 Å². The fraction of sp³-hybridized carbons (Fsp3) is 0.473. The van der Waals surface area contributed by atoms with Gasteiger partial charge in [-0.15, -0.1) is 0 Å². The van der Waals surface area contributed by atoms with Crippen LogP contribution in [-0.4, -0.2) is 248 Å². The first-order valence-electron chi connectivity index (χ1n) is 41.5. The van der Waals surface area contributed by atoms with Gasteiger partial charge in [0.05, 0.1) is 55.7 Å². The van der Waals surface area contributed by atoms with Crippen molar-refractivity contribution in [2.45, 2.75) is 174 Å². The standard InChI is InChI=1S/C91H118N12O19S/c1-12-13-28-75-89(120)99(7)50-68(106)42-62(47-81(112)113)86(117)98-82(55(4)5)91(122)101(9)56(6)83(114)97-74(40-60-31-35-67(105)36-32-60)88(119)100(8)51-80(111)95-73(44-64-48-93-71-27-21-20-26-70(64)71)77(108)45-61(38-59-29-33-66(104)34-30-59)85(116)96-72(37-54(2)3)78(109)46-65(84(115)94-49-79(92)110)52-123-53-69(107)43-63(39-57-22-16-14-17-23-57)87(118)103(11)76(90(121)102(75)10)41-58-24-18-15-19-25-58/h14-27,29-36,48,54-56,61-63,65,72-76,82,93,104-105H,12-13,28,37-47,49-53H2,1-11H3,(H2,92,110)(H,94,115)(H,95,111)(H,96,116)(H,97,114)(H,98,117)(H,112,113)/t56-,61+,62-,63+,65+,72-,73-,74-,75-,76-,82-/m0/s1. The van der Waals surface area contributed by atoms with E-state index in [0.29, 0.717) is 51.6 Å². The van der Waals surface area contributed by atoms with Crippen LogP contribution in [0.5, 0.6) is 11.5 Å². The topological polar surface area (TPSA) is 452 Å². The summed E-state index contributed by atoms with van der Waals surface area (Å²) in [6.45, 7) is 7.92. The number of hydrogen-bond acceptors (Lipinski definition) is 19. The Morgan fingerprint density at radius 2 is 1.07 bits per heavy atom. The molecule has 31 nitrogen and oxygen atoms in total. The number of thioether (sulfide) groups is 1. The maximum atomic E-state index is 15.5. The summed E-state index contributed by atoms with van der Waals surface area (Å²) in [5.41, 5.74) is 8.94. The minimum absolute atomic E-state index is 0.00926. The van der Waals surface area contributed by atoms with Crippen LogP contribution >= 0.6 is 11.8 Å². The van der Waals surface area contributed by atoms with Crippen LogP contribution in [0.3, 0.4) is 0 Å². The van der Waals surface area contributed by atoms with Gasteiger partial charge in [-0.3, -0.25) is 76.7 Å². The van der Waals surface area contributed by atoms with E-state index in [-0.39, 0.29) is 73.9 Å². The van der Waals surface area contributed by atoms with Crippen LogP contribution in [0.25, 0.3) is 10.9 Å². The van der Waals surface area contributed by atoms with Crippen LogP contribution in [0.1, 0.15) is 127 Å². The van der Waals surface area contributed by atoms with Gasteiger partial charge in [-0.1, -0.05) is 151 Å². The summed E-state index contributed by atoms with van der Waals surface area (Å²) in [4.78, 5) is 241. The van der Waals surface area contributed by atoms with Gasteiger partial charge in [0, 0.05) is 115 Å². The average molecular weight is 1720 g/mol. The number of nitrogens with one attached hydrogen (secondary N) is 6. The van der Waals surface area contributed by atoms with Crippen molar-refractivity contribution < 1.29 is 92.0 Å². The molecule has 0 spiro atoms. The third-order valence-corrected chi connectivity index (χ3v) is 23.3. The van der Waals surface area contributed by atoms with E-state index in [4.69, 9.17) is 5.73 Å². The molecule has 11 amide bonds. The molecular weight excluding hydrogens is 1600 g/mol. The van der Waals surface area contributed by atoms with Crippen LogP contribution in [0, 0.1) is 35.5 Å². The Bertz CT molecular complexity index is 4700. The number of aromatic nitrogens is 1. The number of likely N-dealkylation sites (N-methyl/N-ethyl adjacent to an activating group) is 5. The lowest BCUT2D eigenvalue weighted by Crippen LogP contribution is -2.58. The van der Waals surface area contributed by atoms with E-state index in [0.717, 1.165) is 26.5 Å². The molecule has 1 aromatic heterocycles. The molecule has 1 saturated heterocycles. The number of nitrogens with two attached hydrogens (primary N) is 1. The number of para-hydroxylation sites is 1. The van der Waals surface area contributed by atoms with Crippen molar-refractivity contribution in [1.82, 2.24) is 56.1 Å². The molecule has 662 valence electrons. The number of carboxylic acids is 1. The van der Waals surface area contributed by atoms with Crippen LogP contribution < -0.4 is 32.3 Å². The van der Waals surface area contributed by atoms with E-state index < -0.39 is 218 Å². The van der Waals surface area contributed by atoms with Gasteiger partial charge in [0.1, 0.15) is 47.5 Å². The summed E-state index contributed by atoms with van der Waals surface area (Å²) in [6, 6.07) is 26.6. The number of phenols is 2. The Morgan fingerprint density at radius 3 is 1.66 bits per heavy atom. The van der Waals surface area contributed by atoms with E-state index in [1.807, 2.05) is 6.92 Å². The summed E-state index contributed by atoms with van der Waals surface area (Å²) in [7, 11) is 6.68. The SMILES string of the molecule is CCCC[C@H]1C(=O)N(C)CC(=O)C[C@@H](CC(=O)O)C(=O)N[C@@H](C(C)C)C(=O)N(C)[C@@H](C)C(=O)N[C@@H](Cc2ccc(O)cc2)C(=O)N(C)CC(=O)N[C@@H](Cc2c[nH]c3ccccc23)C(=O)C[C@@H](Cc2ccc(O)cc2)C(=O)N[C@@H](CC(C)C)C(=O)C[C@@H](C(=O)NCC(N)=O)CSCC(=O)C[C@@H](Cc2ccccc2)C(=O)N(C)[C@@H](Cc2ccccc2)C(=O)N1C. The zero-order valence-electron chi connectivity index (χ0n) is 71.8. The van der Waals surface area contributed by atoms with Crippen molar-refractivity contribution >= 4 is 117 Å². The number of carbonyl (C=O) groups is 16. The highest BCUT2D eigenvalue weighted by molar-refractivity contribution is 8.00. The molecule has 0 unspecified atom stereocenters. The maximum absolute atomic E-state index is 15.5. The van der Waals surface area contributed by atoms with Gasteiger partial charge in [0.2, 0.25) is 65.0 Å². The average Bonchev–Trinajstić information content (AvgIpc) is 1.80. The highest BCUT2D eigenvalue weighted by Crippen LogP contribution is 2.28. The van der Waals surface area contributed by atoms with Crippen molar-refractivity contribution in [3.05, 3.63) is 167 Å². The van der Waals surface area contributed by atoms with Gasteiger partial charge in [-0.2, -0.15) is 11.8 Å². The third-order valence-electron chi connectivity index (χ3n) is 22.1. The van der Waals surface area contributed by atoms with E-state index in [1.165, 1.54) is 88.4 Å². The zero-order valence-corrected chi connectivity index (χ0v) is 72.6. The molecule has 2 heterocycles. The number of carboxylic acid groups (broad SMARTS) is 1. The number of aliphatic carboxylic acids is 1. The number of primary amides is 1. The number of phenolic OH excluding ortho intramolecular Hbond substituents is 2. The molecule has 7 rings (SSSR count). The summed E-state index contributed by atoms with van der Waals surface area (Å²) < 4.78 is 0. The molecule has 0 bridgehead atoms. The number of aromatic amines is 1. The van der Waals surface area contributed by atoms with Crippen molar-refractivity contribution in [2.24, 2.45) is 41.2 Å². The fourth-order valence-corrected chi connectivity index (χ4v) is 16.0. The largest absolute Gasteiger partial charge is 0.508 e. The molecule has 1 aliphatic heterocycles. The number of nitrogens with zero attached hydrogens (tertiary/aromatic N) is 5. The summed E-state index contributed by atoms with van der Waals surface area (Å²) in [5, 5.41) is 44.9. The number of unbranched alkanes of at least 4 members (excludes halogenated alkanes) is 1. The second kappa shape index (κ2) is 47.4. The predicted molar refractivity (Wildman–Crippen MR) is 462 cm³/mol. The van der Waals surface area contributed by atoms with Gasteiger partial charge < -0.3 is 77.1 Å². The van der Waals surface area contributed by atoms with Gasteiger partial charge in [-0.05, 0) is 103 Å². The molecule has 11 atom stereocenters. The lowest BCUT2D eigenvalue weighted by atomic mass is 9.88. The molecule has 0 aliphatic carbocycles. The fourth-order valence-electron chi connectivity index (χ4n) is 15.0. The molecule has 11 N–H and O–H groups in total. The molecule has 6 aromatic rings. The number of Topliss-reactive ketones (excluding diaryl/α,β-unsaturated/α-hetero) is 4. The predicted octanol–water partition coefficient (Wildman–Crippen LogP) is 5.47. The third kappa shape index (κ3) is 29.9. The van der Waals surface area contributed by atoms with Gasteiger partial charge in [0.25, 0.3) is 0 Å². The minimum atomic E-state index is -1.62. The van der Waals surface area contributed by atoms with Crippen molar-refractivity contribution in [2.75, 3.05) is 66.4 Å². The molecule has 1 fully saturated rings. The highest BCUT2D eigenvalue weighted by atomic mass is 32.2. The lowest BCUT2D eigenvalue weighted by Gasteiger charge is -2.37. The quantitative estimate of drug-likeness (QED) is 0.0427. The van der Waals surface area contributed by atoms with Gasteiger partial charge in [0.15, 0.2) is 17.3 Å².